The lowest BCUT2D eigenvalue weighted by molar-refractivity contribution is -0.107. The van der Waals surface area contributed by atoms with Crippen molar-refractivity contribution in [3.63, 3.8) is 0 Å². The van der Waals surface area contributed by atoms with E-state index in [9.17, 15) is 4.79 Å². The average molecular weight is 206 g/mol. The number of hydrogen-bond donors (Lipinski definition) is 0. The van der Waals surface area contributed by atoms with Crippen molar-refractivity contribution in [2.45, 2.75) is 6.42 Å². The predicted molar refractivity (Wildman–Crippen MR) is 59.3 cm³/mol. The molecule has 0 atom stereocenters. The zero-order valence-corrected chi connectivity index (χ0v) is 8.90. The minimum atomic E-state index is 0.403. The van der Waals surface area contributed by atoms with Crippen LogP contribution in [0.1, 0.15) is 12.0 Å². The number of rotatable bonds is 5. The zero-order valence-electron chi connectivity index (χ0n) is 8.90. The molecular weight excluding hydrogens is 192 g/mol. The number of ether oxygens (including phenoxy) is 2. The van der Waals surface area contributed by atoms with Crippen molar-refractivity contribution in [2.24, 2.45) is 0 Å². The molecule has 3 heteroatoms. The fraction of sp³-hybridized carbons (Fsp3) is 0.250. The molecule has 80 valence electrons. The molecule has 0 heterocycles. The minimum Gasteiger partial charge on any atom is -0.497 e. The van der Waals surface area contributed by atoms with Crippen LogP contribution in [0.15, 0.2) is 24.3 Å². The summed E-state index contributed by atoms with van der Waals surface area (Å²) >= 11 is 0. The monoisotopic (exact) mass is 206 g/mol. The third-order valence-electron chi connectivity index (χ3n) is 1.97. The Morgan fingerprint density at radius 2 is 2.07 bits per heavy atom. The van der Waals surface area contributed by atoms with Gasteiger partial charge in [0, 0.05) is 12.0 Å². The fourth-order valence-corrected chi connectivity index (χ4v) is 1.22. The number of carbonyl (C=O) groups excluding carboxylic acids is 1. The Kier molecular flexibility index (Phi) is 4.41. The number of benzene rings is 1. The molecule has 0 aliphatic rings. The average Bonchev–Trinajstić information content (AvgIpc) is 2.29. The van der Waals surface area contributed by atoms with Gasteiger partial charge >= 0.3 is 0 Å². The molecule has 0 saturated carbocycles. The fourth-order valence-electron chi connectivity index (χ4n) is 1.22. The summed E-state index contributed by atoms with van der Waals surface area (Å²) in [6.45, 7) is 0. The summed E-state index contributed by atoms with van der Waals surface area (Å²) in [5, 5.41) is 0. The highest BCUT2D eigenvalue weighted by Crippen LogP contribution is 2.24. The van der Waals surface area contributed by atoms with E-state index in [4.69, 9.17) is 9.47 Å². The Hall–Kier alpha value is -1.77. The van der Waals surface area contributed by atoms with Crippen molar-refractivity contribution in [2.75, 3.05) is 14.2 Å². The van der Waals surface area contributed by atoms with Crippen LogP contribution in [-0.4, -0.2) is 20.5 Å². The van der Waals surface area contributed by atoms with Crippen molar-refractivity contribution < 1.29 is 14.3 Å². The molecule has 15 heavy (non-hydrogen) atoms. The van der Waals surface area contributed by atoms with Gasteiger partial charge in [-0.15, -0.1) is 0 Å². The molecule has 0 spiro atoms. The Bertz CT molecular complexity index is 356. The van der Waals surface area contributed by atoms with Crippen LogP contribution in [0.5, 0.6) is 11.5 Å². The van der Waals surface area contributed by atoms with E-state index >= 15 is 0 Å². The van der Waals surface area contributed by atoms with Gasteiger partial charge < -0.3 is 14.3 Å². The van der Waals surface area contributed by atoms with Crippen LogP contribution >= 0.6 is 0 Å². The van der Waals surface area contributed by atoms with E-state index in [1.165, 1.54) is 0 Å². The third-order valence-corrected chi connectivity index (χ3v) is 1.97. The first-order valence-corrected chi connectivity index (χ1v) is 4.64. The quantitative estimate of drug-likeness (QED) is 0.693. The molecule has 0 aromatic heterocycles. The molecule has 0 aliphatic heterocycles. The van der Waals surface area contributed by atoms with E-state index < -0.39 is 0 Å². The topological polar surface area (TPSA) is 35.5 Å². The highest BCUT2D eigenvalue weighted by atomic mass is 16.5. The minimum absolute atomic E-state index is 0.403. The van der Waals surface area contributed by atoms with Crippen LogP contribution in [0.4, 0.5) is 0 Å². The summed E-state index contributed by atoms with van der Waals surface area (Å²) in [6.07, 6.45) is 4.88. The van der Waals surface area contributed by atoms with Gasteiger partial charge in [0.05, 0.1) is 14.2 Å². The first kappa shape index (κ1) is 11.3. The molecule has 1 aromatic rings. The largest absolute Gasteiger partial charge is 0.497 e. The van der Waals surface area contributed by atoms with Crippen molar-refractivity contribution in [1.82, 2.24) is 0 Å². The van der Waals surface area contributed by atoms with Crippen molar-refractivity contribution in [3.8, 4) is 11.5 Å². The second-order valence-electron chi connectivity index (χ2n) is 2.91. The lowest BCUT2D eigenvalue weighted by Crippen LogP contribution is -1.89. The van der Waals surface area contributed by atoms with Gasteiger partial charge in [0.15, 0.2) is 0 Å². The molecule has 0 radical (unpaired) electrons. The van der Waals surface area contributed by atoms with Gasteiger partial charge in [-0.25, -0.2) is 0 Å². The third kappa shape index (κ3) is 3.13. The predicted octanol–water partition coefficient (Wildman–Crippen LogP) is 2.31. The lowest BCUT2D eigenvalue weighted by Gasteiger charge is -2.06. The first-order chi connectivity index (χ1) is 7.31. The normalized spacial score (nSPS) is 10.3. The van der Waals surface area contributed by atoms with Gasteiger partial charge in [-0.3, -0.25) is 0 Å². The lowest BCUT2D eigenvalue weighted by atomic mass is 10.1. The summed E-state index contributed by atoms with van der Waals surface area (Å²) < 4.78 is 10.3. The van der Waals surface area contributed by atoms with Gasteiger partial charge in [-0.05, 0) is 18.2 Å². The summed E-state index contributed by atoms with van der Waals surface area (Å²) in [6, 6.07) is 5.52. The molecule has 0 bridgehead atoms. The second kappa shape index (κ2) is 5.86. The summed E-state index contributed by atoms with van der Waals surface area (Å²) in [5.41, 5.74) is 0.902. The van der Waals surface area contributed by atoms with E-state index in [0.29, 0.717) is 6.42 Å². The maximum absolute atomic E-state index is 10.2. The molecular formula is C12H14O3. The molecule has 0 amide bonds. The molecule has 0 unspecified atom stereocenters. The summed E-state index contributed by atoms with van der Waals surface area (Å²) in [5.74, 6) is 1.53. The molecule has 0 saturated heterocycles. The van der Waals surface area contributed by atoms with Crippen molar-refractivity contribution >= 4 is 12.4 Å². The number of hydrogen-bond acceptors (Lipinski definition) is 3. The number of methoxy groups -OCH3 is 2. The van der Waals surface area contributed by atoms with Gasteiger partial charge in [-0.2, -0.15) is 0 Å². The molecule has 1 rings (SSSR count). The van der Waals surface area contributed by atoms with Gasteiger partial charge in [0.25, 0.3) is 0 Å². The SMILES string of the molecule is COc1ccc(OC)c(C=CCC=O)c1. The standard InChI is InChI=1S/C12H14O3/c1-14-11-6-7-12(15-2)10(9-11)5-3-4-8-13/h3,5-9H,4H2,1-2H3. The smallest absolute Gasteiger partial charge is 0.126 e. The Balaban J connectivity index is 2.95. The van der Waals surface area contributed by atoms with E-state index in [-0.39, 0.29) is 0 Å². The summed E-state index contributed by atoms with van der Waals surface area (Å²) in [4.78, 5) is 10.2. The Morgan fingerprint density at radius 3 is 2.67 bits per heavy atom. The second-order valence-corrected chi connectivity index (χ2v) is 2.91. The van der Waals surface area contributed by atoms with Crippen LogP contribution in [-0.2, 0) is 4.79 Å². The first-order valence-electron chi connectivity index (χ1n) is 4.64. The summed E-state index contributed by atoms with van der Waals surface area (Å²) in [7, 11) is 3.22. The van der Waals surface area contributed by atoms with Gasteiger partial charge in [0.2, 0.25) is 0 Å². The van der Waals surface area contributed by atoms with Crippen LogP contribution in [0, 0.1) is 0 Å². The number of aldehydes is 1. The molecule has 0 fully saturated rings. The Labute approximate surface area is 89.3 Å². The maximum atomic E-state index is 10.2. The van der Waals surface area contributed by atoms with Crippen molar-refractivity contribution in [1.29, 1.82) is 0 Å². The van der Waals surface area contributed by atoms with E-state index in [1.54, 1.807) is 20.3 Å². The number of carbonyl (C=O) groups is 1. The van der Waals surface area contributed by atoms with Crippen LogP contribution < -0.4 is 9.47 Å². The Morgan fingerprint density at radius 1 is 1.27 bits per heavy atom. The highest BCUT2D eigenvalue weighted by molar-refractivity contribution is 5.62. The molecule has 0 aliphatic carbocycles. The van der Waals surface area contributed by atoms with E-state index in [1.807, 2.05) is 24.3 Å². The van der Waals surface area contributed by atoms with Gasteiger partial charge in [0.1, 0.15) is 17.8 Å². The van der Waals surface area contributed by atoms with Crippen LogP contribution in [0.2, 0.25) is 0 Å². The van der Waals surface area contributed by atoms with E-state index in [2.05, 4.69) is 0 Å². The van der Waals surface area contributed by atoms with Gasteiger partial charge in [-0.1, -0.05) is 12.2 Å². The molecule has 3 nitrogen and oxygen atoms in total. The maximum Gasteiger partial charge on any atom is 0.126 e. The van der Waals surface area contributed by atoms with Crippen LogP contribution in [0.3, 0.4) is 0 Å². The van der Waals surface area contributed by atoms with E-state index in [0.717, 1.165) is 23.3 Å². The zero-order chi connectivity index (χ0) is 11.1. The van der Waals surface area contributed by atoms with Crippen molar-refractivity contribution in [3.05, 3.63) is 29.8 Å². The molecule has 1 aromatic carbocycles. The van der Waals surface area contributed by atoms with Crippen LogP contribution in [0.25, 0.3) is 6.08 Å². The highest BCUT2D eigenvalue weighted by Gasteiger charge is 2.00. The number of allylic oxidation sites excluding steroid dienone is 1. The molecule has 0 N–H and O–H groups in total.